The summed E-state index contributed by atoms with van der Waals surface area (Å²) in [6.45, 7) is 7.06. The van der Waals surface area contributed by atoms with Crippen LogP contribution in [0, 0.1) is 20.8 Å². The molecule has 0 fully saturated rings. The predicted molar refractivity (Wildman–Crippen MR) is 103 cm³/mol. The highest BCUT2D eigenvalue weighted by molar-refractivity contribution is 7.17. The molecule has 0 spiro atoms. The molecule has 0 nitrogen and oxygen atoms in total. The molecule has 0 N–H and O–H groups in total. The van der Waals surface area contributed by atoms with Crippen molar-refractivity contribution in [3.05, 3.63) is 61.5 Å². The lowest BCUT2D eigenvalue weighted by Gasteiger charge is -2.19. The average Bonchev–Trinajstić information content (AvgIpc) is 3.08. The van der Waals surface area contributed by atoms with E-state index in [2.05, 4.69) is 67.9 Å². The van der Waals surface area contributed by atoms with E-state index in [0.717, 1.165) is 0 Å². The molecule has 0 atom stereocenters. The molecule has 0 amide bonds. The van der Waals surface area contributed by atoms with Crippen LogP contribution in [0.5, 0.6) is 0 Å². The van der Waals surface area contributed by atoms with Gasteiger partial charge in [0.2, 0.25) is 6.71 Å². The maximum absolute atomic E-state index is 2.32. The quantitative estimate of drug-likeness (QED) is 0.469. The fraction of sp³-hybridized carbons (Fsp3) is 0.158. The van der Waals surface area contributed by atoms with Gasteiger partial charge in [-0.1, -0.05) is 57.3 Å². The van der Waals surface area contributed by atoms with E-state index >= 15 is 0 Å². The molecule has 0 saturated heterocycles. The molecule has 2 aromatic heterocycles. The van der Waals surface area contributed by atoms with Crippen LogP contribution in [-0.2, 0) is 0 Å². The van der Waals surface area contributed by atoms with E-state index in [-0.39, 0.29) is 0 Å². The van der Waals surface area contributed by atoms with E-state index in [1.165, 1.54) is 42.8 Å². The highest BCUT2D eigenvalue weighted by Crippen LogP contribution is 2.21. The molecule has 0 saturated carbocycles. The van der Waals surface area contributed by atoms with Crippen LogP contribution >= 0.6 is 22.7 Å². The summed E-state index contributed by atoms with van der Waals surface area (Å²) in [6.07, 6.45) is 4.57. The highest BCUT2D eigenvalue weighted by atomic mass is 32.1. The summed E-state index contributed by atoms with van der Waals surface area (Å²) < 4.78 is 0. The second-order valence-corrected chi connectivity index (χ2v) is 7.95. The molecule has 22 heavy (non-hydrogen) atoms. The van der Waals surface area contributed by atoms with Crippen LogP contribution in [0.1, 0.15) is 26.4 Å². The summed E-state index contributed by atoms with van der Waals surface area (Å²) in [5.74, 6) is 0. The molecule has 0 aliphatic carbocycles. The number of hydrogen-bond donors (Lipinski definition) is 0. The van der Waals surface area contributed by atoms with Crippen LogP contribution in [0.2, 0.25) is 0 Å². The number of hydrogen-bond acceptors (Lipinski definition) is 2. The first-order valence-corrected chi connectivity index (χ1v) is 9.31. The average molecular weight is 320 g/mol. The molecule has 3 aromatic rings. The molecular formula is C19H17BS2. The molecule has 3 heteroatoms. The molecule has 1 aliphatic heterocycles. The molecule has 4 rings (SSSR count). The minimum absolute atomic E-state index is 0.359. The van der Waals surface area contributed by atoms with E-state index in [1.807, 2.05) is 22.7 Å². The summed E-state index contributed by atoms with van der Waals surface area (Å²) >= 11 is 3.69. The van der Waals surface area contributed by atoms with Crippen molar-refractivity contribution >= 4 is 57.9 Å². The molecule has 1 aliphatic rings. The number of thiophene rings is 2. The van der Waals surface area contributed by atoms with E-state index in [0.29, 0.717) is 6.71 Å². The number of benzene rings is 1. The maximum atomic E-state index is 2.32. The standard InChI is InChI=1S/C19H17BS2/c1-12-10-13(2)19(14(3)11-12)20-15-6-8-21-17(15)4-5-18-16(20)7-9-22-18/h4-11H,1-3H3. The maximum Gasteiger partial charge on any atom is 0.245 e. The van der Waals surface area contributed by atoms with Crippen LogP contribution in [0.15, 0.2) is 35.0 Å². The zero-order valence-electron chi connectivity index (χ0n) is 13.0. The first-order valence-electron chi connectivity index (χ1n) is 7.56. The molecule has 0 radical (unpaired) electrons. The van der Waals surface area contributed by atoms with Gasteiger partial charge in [0.1, 0.15) is 0 Å². The summed E-state index contributed by atoms with van der Waals surface area (Å²) in [7, 11) is 0. The van der Waals surface area contributed by atoms with Gasteiger partial charge in [-0.2, -0.15) is 0 Å². The summed E-state index contributed by atoms with van der Waals surface area (Å²) in [5.41, 5.74) is 8.54. The van der Waals surface area contributed by atoms with Crippen LogP contribution in [0.4, 0.5) is 0 Å². The number of rotatable bonds is 1. The van der Waals surface area contributed by atoms with Gasteiger partial charge in [0, 0.05) is 9.75 Å². The Morgan fingerprint density at radius 2 is 1.27 bits per heavy atom. The van der Waals surface area contributed by atoms with Gasteiger partial charge in [-0.25, -0.2) is 0 Å². The van der Waals surface area contributed by atoms with Gasteiger partial charge in [-0.05, 0) is 43.7 Å². The second-order valence-electron chi connectivity index (χ2n) is 6.06. The van der Waals surface area contributed by atoms with Gasteiger partial charge < -0.3 is 0 Å². The van der Waals surface area contributed by atoms with Crippen LogP contribution in [0.3, 0.4) is 0 Å². The lowest BCUT2D eigenvalue weighted by molar-refractivity contribution is 1.35. The Kier molecular flexibility index (Phi) is 3.35. The number of aryl methyl sites for hydroxylation is 3. The third kappa shape index (κ3) is 2.12. The van der Waals surface area contributed by atoms with Crippen molar-refractivity contribution in [1.82, 2.24) is 0 Å². The van der Waals surface area contributed by atoms with E-state index in [9.17, 15) is 0 Å². The van der Waals surface area contributed by atoms with Gasteiger partial charge in [-0.15, -0.1) is 22.7 Å². The summed E-state index contributed by atoms with van der Waals surface area (Å²) in [6, 6.07) is 9.25. The van der Waals surface area contributed by atoms with Gasteiger partial charge >= 0.3 is 0 Å². The third-order valence-corrected chi connectivity index (χ3v) is 6.28. The minimum Gasteiger partial charge on any atom is -0.145 e. The van der Waals surface area contributed by atoms with E-state index < -0.39 is 0 Å². The van der Waals surface area contributed by atoms with Crippen molar-refractivity contribution in [3.8, 4) is 0 Å². The van der Waals surface area contributed by atoms with Crippen LogP contribution < -0.4 is 16.4 Å². The first kappa shape index (κ1) is 14.0. The Labute approximate surface area is 140 Å². The summed E-state index contributed by atoms with van der Waals surface area (Å²) in [4.78, 5) is 2.79. The van der Waals surface area contributed by atoms with Crippen molar-refractivity contribution in [2.75, 3.05) is 0 Å². The molecule has 0 unspecified atom stereocenters. The van der Waals surface area contributed by atoms with Gasteiger partial charge in [-0.3, -0.25) is 0 Å². The highest BCUT2D eigenvalue weighted by Gasteiger charge is 2.30. The Morgan fingerprint density at radius 1 is 0.773 bits per heavy atom. The Balaban J connectivity index is 2.03. The third-order valence-electron chi connectivity index (χ3n) is 4.49. The van der Waals surface area contributed by atoms with Crippen molar-refractivity contribution in [3.63, 3.8) is 0 Å². The van der Waals surface area contributed by atoms with Crippen molar-refractivity contribution in [2.45, 2.75) is 20.8 Å². The van der Waals surface area contributed by atoms with Gasteiger partial charge in [0.25, 0.3) is 0 Å². The van der Waals surface area contributed by atoms with Gasteiger partial charge in [0.05, 0.1) is 0 Å². The van der Waals surface area contributed by atoms with Crippen LogP contribution in [-0.4, -0.2) is 6.71 Å². The molecular weight excluding hydrogens is 303 g/mol. The van der Waals surface area contributed by atoms with E-state index in [4.69, 9.17) is 0 Å². The molecule has 1 aromatic carbocycles. The largest absolute Gasteiger partial charge is 0.245 e. The Bertz CT molecular complexity index is 815. The van der Waals surface area contributed by atoms with Gasteiger partial charge in [0.15, 0.2) is 0 Å². The van der Waals surface area contributed by atoms with E-state index in [1.54, 1.807) is 0 Å². The predicted octanol–water partition coefficient (Wildman–Crippen LogP) is 3.73. The van der Waals surface area contributed by atoms with Crippen LogP contribution in [0.25, 0.3) is 12.2 Å². The molecule has 3 heterocycles. The van der Waals surface area contributed by atoms with Crippen molar-refractivity contribution in [2.24, 2.45) is 0 Å². The topological polar surface area (TPSA) is 0 Å². The van der Waals surface area contributed by atoms with Crippen molar-refractivity contribution < 1.29 is 0 Å². The number of fused-ring (bicyclic) bond motifs is 2. The zero-order valence-corrected chi connectivity index (χ0v) is 14.6. The Morgan fingerprint density at radius 3 is 1.77 bits per heavy atom. The second kappa shape index (κ2) is 5.25. The zero-order chi connectivity index (χ0) is 15.3. The fourth-order valence-corrected chi connectivity index (χ4v) is 5.35. The minimum atomic E-state index is 0.359. The smallest absolute Gasteiger partial charge is 0.145 e. The van der Waals surface area contributed by atoms with Crippen molar-refractivity contribution in [1.29, 1.82) is 0 Å². The SMILES string of the molecule is Cc1cc(C)c(B2c3ccsc3C=Cc3sccc32)c(C)c1. The monoisotopic (exact) mass is 320 g/mol. The fourth-order valence-electron chi connectivity index (χ4n) is 3.69. The molecule has 0 bridgehead atoms. The lowest BCUT2D eigenvalue weighted by Crippen LogP contribution is -2.54. The molecule has 108 valence electrons. The Hall–Kier alpha value is -1.58. The lowest BCUT2D eigenvalue weighted by atomic mass is 9.35. The first-order chi connectivity index (χ1) is 10.6. The summed E-state index contributed by atoms with van der Waals surface area (Å²) in [5, 5.41) is 4.44. The normalized spacial score (nSPS) is 13.0.